The molecule has 2 heterocycles. The summed E-state index contributed by atoms with van der Waals surface area (Å²) in [5.41, 5.74) is 0.917. The summed E-state index contributed by atoms with van der Waals surface area (Å²) in [5, 5.41) is 4.16. The highest BCUT2D eigenvalue weighted by atomic mass is 79.9. The van der Waals surface area contributed by atoms with Crippen molar-refractivity contribution in [3.8, 4) is 0 Å². The van der Waals surface area contributed by atoms with Crippen LogP contribution in [0.2, 0.25) is 0 Å². The molecule has 2 amide bonds. The van der Waals surface area contributed by atoms with Gasteiger partial charge in [0.15, 0.2) is 0 Å². The van der Waals surface area contributed by atoms with Gasteiger partial charge < -0.3 is 14.8 Å². The fourth-order valence-corrected chi connectivity index (χ4v) is 3.72. The van der Waals surface area contributed by atoms with Gasteiger partial charge in [0, 0.05) is 53.0 Å². The average molecular weight is 406 g/mol. The fraction of sp³-hybridized carbons (Fsp3) is 0.474. The molecule has 1 saturated heterocycles. The van der Waals surface area contributed by atoms with Gasteiger partial charge in [0.05, 0.1) is 6.04 Å². The lowest BCUT2D eigenvalue weighted by molar-refractivity contribution is -0.131. The van der Waals surface area contributed by atoms with E-state index in [2.05, 4.69) is 37.9 Å². The van der Waals surface area contributed by atoms with E-state index in [1.165, 1.54) is 0 Å². The van der Waals surface area contributed by atoms with Gasteiger partial charge in [-0.1, -0.05) is 15.9 Å². The SMILES string of the molecule is CC(C)(C)N1CC(NC(=O)CCn2ccc3cc(Br)ccc32)CC1=O. The standard InChI is InChI=1S/C19H24BrN3O2/c1-19(2,3)23-12-15(11-18(23)25)21-17(24)7-9-22-8-6-13-10-14(20)4-5-16(13)22/h4-6,8,10,15H,7,9,11-12H2,1-3H3,(H,21,24). The van der Waals surface area contributed by atoms with Crippen LogP contribution in [0.3, 0.4) is 0 Å². The Morgan fingerprint density at radius 1 is 1.32 bits per heavy atom. The van der Waals surface area contributed by atoms with Crippen LogP contribution in [-0.4, -0.2) is 39.4 Å². The smallest absolute Gasteiger partial charge is 0.225 e. The minimum atomic E-state index is -0.200. The molecule has 1 fully saturated rings. The summed E-state index contributed by atoms with van der Waals surface area (Å²) in [4.78, 5) is 26.2. The number of halogens is 1. The van der Waals surface area contributed by atoms with Crippen molar-refractivity contribution in [2.45, 2.75) is 51.7 Å². The summed E-state index contributed by atoms with van der Waals surface area (Å²) >= 11 is 3.47. The van der Waals surface area contributed by atoms with E-state index in [4.69, 9.17) is 0 Å². The van der Waals surface area contributed by atoms with E-state index in [1.807, 2.05) is 44.0 Å². The third kappa shape index (κ3) is 4.06. The largest absolute Gasteiger partial charge is 0.351 e. The van der Waals surface area contributed by atoms with Crippen LogP contribution < -0.4 is 5.32 Å². The maximum Gasteiger partial charge on any atom is 0.225 e. The van der Waals surface area contributed by atoms with Crippen LogP contribution in [0.1, 0.15) is 33.6 Å². The Hall–Kier alpha value is -1.82. The molecule has 0 spiro atoms. The molecular weight excluding hydrogens is 382 g/mol. The monoisotopic (exact) mass is 405 g/mol. The molecule has 3 rings (SSSR count). The summed E-state index contributed by atoms with van der Waals surface area (Å²) in [6, 6.07) is 8.08. The Bertz CT molecular complexity index is 807. The summed E-state index contributed by atoms with van der Waals surface area (Å²) in [5.74, 6) is 0.104. The van der Waals surface area contributed by atoms with Gasteiger partial charge in [-0.2, -0.15) is 0 Å². The van der Waals surface area contributed by atoms with Gasteiger partial charge in [-0.15, -0.1) is 0 Å². The number of hydrogen-bond acceptors (Lipinski definition) is 2. The first-order valence-electron chi connectivity index (χ1n) is 8.58. The number of aromatic nitrogens is 1. The van der Waals surface area contributed by atoms with E-state index in [0.29, 0.717) is 25.9 Å². The number of nitrogens with one attached hydrogen (secondary N) is 1. The maximum atomic E-state index is 12.3. The first kappa shape index (κ1) is 18.0. The molecule has 5 nitrogen and oxygen atoms in total. The second-order valence-electron chi connectivity index (χ2n) is 7.61. The molecule has 0 aliphatic carbocycles. The fourth-order valence-electron chi connectivity index (χ4n) is 3.34. The van der Waals surface area contributed by atoms with Gasteiger partial charge >= 0.3 is 0 Å². The number of likely N-dealkylation sites (tertiary alicyclic amines) is 1. The number of hydrogen-bond donors (Lipinski definition) is 1. The highest BCUT2D eigenvalue weighted by Crippen LogP contribution is 2.23. The molecular formula is C19H24BrN3O2. The van der Waals surface area contributed by atoms with Crippen molar-refractivity contribution in [1.82, 2.24) is 14.8 Å². The Labute approximate surface area is 156 Å². The van der Waals surface area contributed by atoms with Crippen molar-refractivity contribution in [2.24, 2.45) is 0 Å². The zero-order valence-corrected chi connectivity index (χ0v) is 16.5. The molecule has 0 saturated carbocycles. The number of aryl methyl sites for hydroxylation is 1. The van der Waals surface area contributed by atoms with E-state index in [1.54, 1.807) is 0 Å². The topological polar surface area (TPSA) is 54.3 Å². The van der Waals surface area contributed by atoms with Crippen molar-refractivity contribution in [2.75, 3.05) is 6.54 Å². The highest BCUT2D eigenvalue weighted by Gasteiger charge is 2.36. The minimum absolute atomic E-state index is 0.00693. The van der Waals surface area contributed by atoms with E-state index < -0.39 is 0 Å². The Morgan fingerprint density at radius 3 is 2.76 bits per heavy atom. The average Bonchev–Trinajstić information content (AvgIpc) is 3.07. The van der Waals surface area contributed by atoms with Crippen molar-refractivity contribution < 1.29 is 9.59 Å². The lowest BCUT2D eigenvalue weighted by atomic mass is 10.1. The van der Waals surface area contributed by atoms with E-state index in [9.17, 15) is 9.59 Å². The zero-order valence-electron chi connectivity index (χ0n) is 14.9. The van der Waals surface area contributed by atoms with Crippen molar-refractivity contribution in [3.05, 3.63) is 34.9 Å². The van der Waals surface area contributed by atoms with Crippen LogP contribution in [0, 0.1) is 0 Å². The number of carbonyl (C=O) groups is 2. The normalized spacial score (nSPS) is 18.2. The van der Waals surface area contributed by atoms with Crippen LogP contribution in [0.25, 0.3) is 10.9 Å². The first-order chi connectivity index (χ1) is 11.7. The molecule has 0 bridgehead atoms. The molecule has 1 atom stereocenters. The highest BCUT2D eigenvalue weighted by molar-refractivity contribution is 9.10. The predicted molar refractivity (Wildman–Crippen MR) is 102 cm³/mol. The lowest BCUT2D eigenvalue weighted by Gasteiger charge is -2.32. The Kier molecular flexibility index (Phi) is 4.91. The number of carbonyl (C=O) groups excluding carboxylic acids is 2. The molecule has 6 heteroatoms. The molecule has 0 radical (unpaired) electrons. The Balaban J connectivity index is 1.56. The molecule has 2 aromatic rings. The molecule has 1 aromatic carbocycles. The van der Waals surface area contributed by atoms with E-state index in [0.717, 1.165) is 15.4 Å². The van der Waals surface area contributed by atoms with Gasteiger partial charge in [-0.05, 0) is 45.0 Å². The predicted octanol–water partition coefficient (Wildman–Crippen LogP) is 3.31. The maximum absolute atomic E-state index is 12.3. The molecule has 1 unspecified atom stereocenters. The molecule has 1 N–H and O–H groups in total. The summed E-state index contributed by atoms with van der Waals surface area (Å²) in [6.07, 6.45) is 2.80. The van der Waals surface area contributed by atoms with Crippen LogP contribution in [0.5, 0.6) is 0 Å². The third-order valence-electron chi connectivity index (χ3n) is 4.61. The number of nitrogens with zero attached hydrogens (tertiary/aromatic N) is 2. The van der Waals surface area contributed by atoms with Gasteiger partial charge in [0.1, 0.15) is 0 Å². The molecule has 1 aliphatic rings. The quantitative estimate of drug-likeness (QED) is 0.847. The van der Waals surface area contributed by atoms with Crippen molar-refractivity contribution in [3.63, 3.8) is 0 Å². The molecule has 1 aliphatic heterocycles. The van der Waals surface area contributed by atoms with Crippen LogP contribution >= 0.6 is 15.9 Å². The lowest BCUT2D eigenvalue weighted by Crippen LogP contribution is -2.44. The number of fused-ring (bicyclic) bond motifs is 1. The number of benzene rings is 1. The van der Waals surface area contributed by atoms with Crippen molar-refractivity contribution in [1.29, 1.82) is 0 Å². The number of rotatable bonds is 4. The second kappa shape index (κ2) is 6.83. The van der Waals surface area contributed by atoms with E-state index >= 15 is 0 Å². The summed E-state index contributed by atoms with van der Waals surface area (Å²) < 4.78 is 3.13. The van der Waals surface area contributed by atoms with Crippen LogP contribution in [0.15, 0.2) is 34.9 Å². The minimum Gasteiger partial charge on any atom is -0.351 e. The summed E-state index contributed by atoms with van der Waals surface area (Å²) in [6.45, 7) is 7.27. The van der Waals surface area contributed by atoms with Crippen molar-refractivity contribution >= 4 is 38.6 Å². The second-order valence-corrected chi connectivity index (χ2v) is 8.52. The van der Waals surface area contributed by atoms with E-state index in [-0.39, 0.29) is 23.4 Å². The van der Waals surface area contributed by atoms with Gasteiger partial charge in [-0.3, -0.25) is 9.59 Å². The van der Waals surface area contributed by atoms with Crippen LogP contribution in [0.4, 0.5) is 0 Å². The van der Waals surface area contributed by atoms with Gasteiger partial charge in [-0.25, -0.2) is 0 Å². The Morgan fingerprint density at radius 2 is 2.08 bits per heavy atom. The number of amides is 2. The zero-order chi connectivity index (χ0) is 18.2. The van der Waals surface area contributed by atoms with Gasteiger partial charge in [0.25, 0.3) is 0 Å². The molecule has 134 valence electrons. The van der Waals surface area contributed by atoms with Gasteiger partial charge in [0.2, 0.25) is 11.8 Å². The summed E-state index contributed by atoms with van der Waals surface area (Å²) in [7, 11) is 0. The third-order valence-corrected chi connectivity index (χ3v) is 5.11. The van der Waals surface area contributed by atoms with Crippen LogP contribution in [-0.2, 0) is 16.1 Å². The molecule has 25 heavy (non-hydrogen) atoms. The molecule has 1 aromatic heterocycles. The first-order valence-corrected chi connectivity index (χ1v) is 9.37.